The Kier molecular flexibility index (Phi) is 7.73. The molecule has 0 spiro atoms. The lowest BCUT2D eigenvalue weighted by Crippen LogP contribution is -2.64. The molecule has 5 rings (SSSR count). The van der Waals surface area contributed by atoms with Crippen molar-refractivity contribution in [2.45, 2.75) is 51.8 Å². The lowest BCUT2D eigenvalue weighted by Gasteiger charge is -2.50. The van der Waals surface area contributed by atoms with Crippen LogP contribution in [-0.4, -0.2) is 91.3 Å². The Morgan fingerprint density at radius 3 is 2.51 bits per heavy atom. The van der Waals surface area contributed by atoms with Gasteiger partial charge in [-0.05, 0) is 73.0 Å². The van der Waals surface area contributed by atoms with Gasteiger partial charge in [0.2, 0.25) is 5.91 Å². The van der Waals surface area contributed by atoms with Gasteiger partial charge in [0.25, 0.3) is 0 Å². The van der Waals surface area contributed by atoms with Crippen LogP contribution in [0, 0.1) is 24.1 Å². The maximum atomic E-state index is 14.3. The van der Waals surface area contributed by atoms with Gasteiger partial charge < -0.3 is 9.64 Å². The smallest absolute Gasteiger partial charge is 0.410 e. The van der Waals surface area contributed by atoms with Crippen LogP contribution < -0.4 is 0 Å². The van der Waals surface area contributed by atoms with Crippen LogP contribution in [0.4, 0.5) is 9.18 Å². The van der Waals surface area contributed by atoms with Gasteiger partial charge in [-0.2, -0.15) is 5.26 Å². The van der Waals surface area contributed by atoms with Crippen LogP contribution in [-0.2, 0) is 16.0 Å². The minimum Gasteiger partial charge on any atom is -0.444 e. The predicted octanol–water partition coefficient (Wildman–Crippen LogP) is 3.03. The molecule has 214 valence electrons. The molecule has 0 aliphatic carbocycles. The van der Waals surface area contributed by atoms with Crippen LogP contribution >= 0.6 is 0 Å². The highest BCUT2D eigenvalue weighted by Gasteiger charge is 2.42. The maximum Gasteiger partial charge on any atom is 0.410 e. The van der Waals surface area contributed by atoms with E-state index in [1.807, 2.05) is 56.0 Å². The molecule has 3 aromatic rings. The second-order valence-electron chi connectivity index (χ2n) is 11.5. The zero-order valence-corrected chi connectivity index (χ0v) is 23.6. The first-order valence-corrected chi connectivity index (χ1v) is 13.6. The van der Waals surface area contributed by atoms with Gasteiger partial charge in [-0.25, -0.2) is 13.9 Å². The van der Waals surface area contributed by atoms with Gasteiger partial charge >= 0.3 is 6.09 Å². The fourth-order valence-corrected chi connectivity index (χ4v) is 5.52. The van der Waals surface area contributed by atoms with Crippen LogP contribution in [0.3, 0.4) is 0 Å². The number of hydrogen-bond acceptors (Lipinski definition) is 8. The van der Waals surface area contributed by atoms with E-state index in [1.54, 1.807) is 22.6 Å². The summed E-state index contributed by atoms with van der Waals surface area (Å²) < 4.78 is 21.6. The summed E-state index contributed by atoms with van der Waals surface area (Å²) in [5.74, 6) is -0.567. The first kappa shape index (κ1) is 28.2. The van der Waals surface area contributed by atoms with E-state index in [-0.39, 0.29) is 23.9 Å². The van der Waals surface area contributed by atoms with Gasteiger partial charge in [0.1, 0.15) is 23.8 Å². The van der Waals surface area contributed by atoms with Crippen molar-refractivity contribution in [2.75, 3.05) is 32.7 Å². The number of carbonyl (C=O) groups is 2. The van der Waals surface area contributed by atoms with E-state index in [4.69, 9.17) is 4.74 Å². The Hall–Kier alpha value is -4.37. The Bertz CT molecular complexity index is 1460. The predicted molar refractivity (Wildman–Crippen MR) is 146 cm³/mol. The first-order chi connectivity index (χ1) is 19.5. The number of hydrogen-bond donors (Lipinski definition) is 0. The monoisotopic (exact) mass is 560 g/mol. The number of nitrogens with zero attached hydrogens (tertiary/aromatic N) is 8. The molecule has 0 bridgehead atoms. The number of halogens is 1. The van der Waals surface area contributed by atoms with Gasteiger partial charge in [0.05, 0.1) is 23.7 Å². The number of nitriles is 1. The second-order valence-corrected chi connectivity index (χ2v) is 11.5. The normalized spacial score (nSPS) is 19.4. The molecule has 12 heteroatoms. The van der Waals surface area contributed by atoms with Gasteiger partial charge in [0.15, 0.2) is 0 Å². The number of piperazine rings is 2. The van der Waals surface area contributed by atoms with E-state index in [1.165, 1.54) is 12.4 Å². The van der Waals surface area contributed by atoms with Crippen LogP contribution in [0.25, 0.3) is 5.69 Å². The van der Waals surface area contributed by atoms with E-state index >= 15 is 0 Å². The van der Waals surface area contributed by atoms with Crippen LogP contribution in [0.1, 0.15) is 49.1 Å². The highest BCUT2D eigenvalue weighted by molar-refractivity contribution is 5.79. The van der Waals surface area contributed by atoms with E-state index in [0.29, 0.717) is 38.3 Å². The molecule has 0 radical (unpaired) electrons. The third kappa shape index (κ3) is 6.05. The van der Waals surface area contributed by atoms with Crippen LogP contribution in [0.5, 0.6) is 0 Å². The molecule has 2 saturated heterocycles. The topological polar surface area (TPSA) is 120 Å². The Labute approximate surface area is 238 Å². The lowest BCUT2D eigenvalue weighted by molar-refractivity contribution is -0.135. The quantitative estimate of drug-likeness (QED) is 0.478. The molecule has 11 nitrogen and oxygen atoms in total. The molecule has 2 atom stereocenters. The van der Waals surface area contributed by atoms with Gasteiger partial charge in [-0.3, -0.25) is 14.6 Å². The minimum absolute atomic E-state index is 0.0128. The molecule has 2 amide bonds. The van der Waals surface area contributed by atoms with Crippen molar-refractivity contribution in [3.63, 3.8) is 0 Å². The number of tetrazole rings is 1. The Morgan fingerprint density at radius 1 is 1.10 bits per heavy atom. The molecule has 2 aliphatic heterocycles. The summed E-state index contributed by atoms with van der Waals surface area (Å²) in [5, 5.41) is 20.7. The van der Waals surface area contributed by atoms with E-state index in [0.717, 1.165) is 16.8 Å². The third-order valence-corrected chi connectivity index (χ3v) is 7.61. The molecule has 2 aliphatic rings. The Morgan fingerprint density at radius 2 is 1.85 bits per heavy atom. The molecule has 1 aromatic heterocycles. The largest absolute Gasteiger partial charge is 0.444 e. The van der Waals surface area contributed by atoms with Crippen molar-refractivity contribution < 1.29 is 18.7 Å². The fourth-order valence-electron chi connectivity index (χ4n) is 5.52. The average Bonchev–Trinajstić information content (AvgIpc) is 3.47. The van der Waals surface area contributed by atoms with E-state index < -0.39 is 23.6 Å². The summed E-state index contributed by atoms with van der Waals surface area (Å²) in [6.45, 7) is 9.63. The standard InChI is InChI=1S/C29H33FN8O3/c1-19-23(9-10-25(30)24(19)14-31)26-17-35-11-12-36(15-22(35)16-37(26)28(40)41-29(2,3)4)27(39)13-20-5-7-21(8-6-20)38-18-32-33-34-38/h5-10,18,22,26H,11-13,15-17H2,1-4H3/t22-,26+/m0/s1. The first-order valence-electron chi connectivity index (χ1n) is 13.6. The summed E-state index contributed by atoms with van der Waals surface area (Å²) in [6.07, 6.45) is 1.29. The number of benzene rings is 2. The number of aromatic nitrogens is 4. The molecule has 0 unspecified atom stereocenters. The van der Waals surface area contributed by atoms with Crippen molar-refractivity contribution in [3.05, 3.63) is 70.8 Å². The molecule has 3 heterocycles. The summed E-state index contributed by atoms with van der Waals surface area (Å²) in [4.78, 5) is 32.5. The van der Waals surface area contributed by atoms with Crippen molar-refractivity contribution >= 4 is 12.0 Å². The molecule has 41 heavy (non-hydrogen) atoms. The highest BCUT2D eigenvalue weighted by Crippen LogP contribution is 2.34. The zero-order chi connectivity index (χ0) is 29.3. The third-order valence-electron chi connectivity index (χ3n) is 7.61. The number of fused-ring (bicyclic) bond motifs is 1. The van der Waals surface area contributed by atoms with Crippen LogP contribution in [0.2, 0.25) is 0 Å². The van der Waals surface area contributed by atoms with Crippen molar-refractivity contribution in [1.29, 1.82) is 5.26 Å². The second kappa shape index (κ2) is 11.2. The molecule has 2 aromatic carbocycles. The molecule has 2 fully saturated rings. The van der Waals surface area contributed by atoms with E-state index in [2.05, 4.69) is 20.4 Å². The lowest BCUT2D eigenvalue weighted by atomic mass is 9.92. The number of amides is 2. The highest BCUT2D eigenvalue weighted by atomic mass is 19.1. The Balaban J connectivity index is 1.32. The summed E-state index contributed by atoms with van der Waals surface area (Å²) in [6, 6.07) is 11.9. The molecular formula is C29H33FN8O3. The zero-order valence-electron chi connectivity index (χ0n) is 23.6. The number of carbonyl (C=O) groups excluding carboxylic acids is 2. The molecular weight excluding hydrogens is 527 g/mol. The summed E-state index contributed by atoms with van der Waals surface area (Å²) >= 11 is 0. The minimum atomic E-state index is -0.705. The van der Waals surface area contributed by atoms with Crippen molar-refractivity contribution in [3.8, 4) is 11.8 Å². The van der Waals surface area contributed by atoms with E-state index in [9.17, 15) is 19.2 Å². The van der Waals surface area contributed by atoms with Gasteiger partial charge in [-0.15, -0.1) is 5.10 Å². The summed E-state index contributed by atoms with van der Waals surface area (Å²) in [5.41, 5.74) is 2.20. The molecule has 0 saturated carbocycles. The number of ether oxygens (including phenoxy) is 1. The average molecular weight is 561 g/mol. The SMILES string of the molecule is Cc1c([C@H]2CN3CCN(C(=O)Cc4ccc(-n5cnnn5)cc4)C[C@H]3CN2C(=O)OC(C)(C)C)ccc(F)c1C#N. The van der Waals surface area contributed by atoms with Crippen LogP contribution in [0.15, 0.2) is 42.7 Å². The maximum absolute atomic E-state index is 14.3. The van der Waals surface area contributed by atoms with Gasteiger partial charge in [0, 0.05) is 38.8 Å². The van der Waals surface area contributed by atoms with Crippen molar-refractivity contribution in [1.82, 2.24) is 34.9 Å². The van der Waals surface area contributed by atoms with Crippen molar-refractivity contribution in [2.24, 2.45) is 0 Å². The van der Waals surface area contributed by atoms with Gasteiger partial charge in [-0.1, -0.05) is 18.2 Å². The molecule has 0 N–H and O–H groups in total. The fraction of sp³-hybridized carbons (Fsp3) is 0.448. The summed E-state index contributed by atoms with van der Waals surface area (Å²) in [7, 11) is 0. The number of rotatable bonds is 4.